The molecule has 3 nitrogen and oxygen atoms in total. The third-order valence-electron chi connectivity index (χ3n) is 2.87. The molecule has 0 saturated heterocycles. The predicted octanol–water partition coefficient (Wildman–Crippen LogP) is 2.73. The molecule has 2 aromatic rings. The van der Waals surface area contributed by atoms with E-state index in [0.717, 1.165) is 32.5 Å². The van der Waals surface area contributed by atoms with E-state index >= 15 is 0 Å². The molecule has 18 heavy (non-hydrogen) atoms. The molecular weight excluding hydrogens is 242 g/mol. The summed E-state index contributed by atoms with van der Waals surface area (Å²) in [6, 6.07) is 4.30. The molecule has 0 fully saturated rings. The smallest absolute Gasteiger partial charge is 0.0949 e. The first kappa shape index (κ1) is 13.3. The summed E-state index contributed by atoms with van der Waals surface area (Å²) < 4.78 is 2.19. The third kappa shape index (κ3) is 4.27. The molecule has 4 heteroatoms. The van der Waals surface area contributed by atoms with Gasteiger partial charge in [-0.25, -0.2) is 4.98 Å². The molecule has 1 N–H and O–H groups in total. The molecule has 0 aliphatic rings. The summed E-state index contributed by atoms with van der Waals surface area (Å²) in [6.45, 7) is 5.33. The molecule has 0 spiro atoms. The minimum Gasteiger partial charge on any atom is -0.337 e. The third-order valence-corrected chi connectivity index (χ3v) is 3.80. The molecule has 98 valence electrons. The number of rotatable bonds is 8. The lowest BCUT2D eigenvalue weighted by atomic mass is 10.3. The van der Waals surface area contributed by atoms with Crippen LogP contribution in [-0.4, -0.2) is 22.6 Å². The fourth-order valence-corrected chi connectivity index (χ4v) is 2.57. The Hall–Kier alpha value is -1.13. The van der Waals surface area contributed by atoms with Crippen molar-refractivity contribution in [1.29, 1.82) is 0 Å². The fraction of sp³-hybridized carbons (Fsp3) is 0.500. The molecule has 0 atom stereocenters. The zero-order valence-corrected chi connectivity index (χ0v) is 11.7. The van der Waals surface area contributed by atoms with E-state index in [-0.39, 0.29) is 0 Å². The van der Waals surface area contributed by atoms with Crippen LogP contribution in [0.2, 0.25) is 0 Å². The molecule has 0 aliphatic carbocycles. The van der Waals surface area contributed by atoms with Gasteiger partial charge in [-0.2, -0.15) is 0 Å². The van der Waals surface area contributed by atoms with Crippen LogP contribution >= 0.6 is 11.3 Å². The molecular formula is C14H21N3S. The maximum atomic E-state index is 4.44. The van der Waals surface area contributed by atoms with Crippen LogP contribution in [0.4, 0.5) is 0 Å². The van der Waals surface area contributed by atoms with Gasteiger partial charge in [0.05, 0.1) is 12.0 Å². The Balaban J connectivity index is 1.72. The van der Waals surface area contributed by atoms with Crippen LogP contribution in [0.1, 0.15) is 23.9 Å². The van der Waals surface area contributed by atoms with E-state index < -0.39 is 0 Å². The maximum absolute atomic E-state index is 4.44. The Morgan fingerprint density at radius 1 is 1.33 bits per heavy atom. The summed E-state index contributed by atoms with van der Waals surface area (Å²) >= 11 is 1.82. The summed E-state index contributed by atoms with van der Waals surface area (Å²) in [6.07, 6.45) is 7.42. The molecule has 0 radical (unpaired) electrons. The summed E-state index contributed by atoms with van der Waals surface area (Å²) in [5, 5.41) is 5.53. The van der Waals surface area contributed by atoms with Crippen molar-refractivity contribution in [1.82, 2.24) is 14.9 Å². The average molecular weight is 263 g/mol. The van der Waals surface area contributed by atoms with Crippen LogP contribution < -0.4 is 5.32 Å². The van der Waals surface area contributed by atoms with Crippen LogP contribution in [0.5, 0.6) is 0 Å². The highest BCUT2D eigenvalue weighted by atomic mass is 32.1. The first-order chi connectivity index (χ1) is 8.88. The highest BCUT2D eigenvalue weighted by Crippen LogP contribution is 2.10. The van der Waals surface area contributed by atoms with Gasteiger partial charge >= 0.3 is 0 Å². The van der Waals surface area contributed by atoms with Crippen LogP contribution in [0.15, 0.2) is 30.0 Å². The van der Waals surface area contributed by atoms with E-state index in [1.807, 2.05) is 17.7 Å². The molecule has 0 aliphatic heterocycles. The van der Waals surface area contributed by atoms with Crippen molar-refractivity contribution in [3.05, 3.63) is 40.6 Å². The number of nitrogens with zero attached hydrogens (tertiary/aromatic N) is 2. The number of hydrogen-bond acceptors (Lipinski definition) is 3. The van der Waals surface area contributed by atoms with Gasteiger partial charge in [-0.15, -0.1) is 11.3 Å². The molecule has 2 heterocycles. The molecule has 2 aromatic heterocycles. The van der Waals surface area contributed by atoms with Gasteiger partial charge < -0.3 is 9.88 Å². The van der Waals surface area contributed by atoms with Gasteiger partial charge in [-0.3, -0.25) is 0 Å². The van der Waals surface area contributed by atoms with Crippen molar-refractivity contribution < 1.29 is 0 Å². The summed E-state index contributed by atoms with van der Waals surface area (Å²) in [5.74, 6) is 0. The number of imidazole rings is 1. The SMILES string of the molecule is CCCNCCc1cn(CCc2cccs2)cn1. The zero-order chi connectivity index (χ0) is 12.6. The Kier molecular flexibility index (Phi) is 5.42. The number of hydrogen-bond donors (Lipinski definition) is 1. The second-order valence-corrected chi connectivity index (χ2v) is 5.46. The molecule has 0 amide bonds. The Labute approximate surface area is 113 Å². The summed E-state index contributed by atoms with van der Waals surface area (Å²) in [4.78, 5) is 5.88. The standard InChI is InChI=1S/C14H21N3S/c1-2-7-15-8-5-13-11-17(12-16-13)9-6-14-4-3-10-18-14/h3-4,10-12,15H,2,5-9H2,1H3. The monoisotopic (exact) mass is 263 g/mol. The molecule has 0 saturated carbocycles. The lowest BCUT2D eigenvalue weighted by molar-refractivity contribution is 0.665. The van der Waals surface area contributed by atoms with Crippen LogP contribution in [0, 0.1) is 0 Å². The molecule has 2 rings (SSSR count). The fourth-order valence-electron chi connectivity index (χ4n) is 1.87. The lowest BCUT2D eigenvalue weighted by Gasteiger charge is -2.00. The first-order valence-electron chi connectivity index (χ1n) is 6.62. The highest BCUT2D eigenvalue weighted by Gasteiger charge is 2.00. The predicted molar refractivity (Wildman–Crippen MR) is 77.1 cm³/mol. The van der Waals surface area contributed by atoms with Crippen LogP contribution in [0.25, 0.3) is 0 Å². The van der Waals surface area contributed by atoms with Crippen molar-refractivity contribution in [2.45, 2.75) is 32.7 Å². The average Bonchev–Trinajstić information content (AvgIpc) is 3.03. The van der Waals surface area contributed by atoms with Gasteiger partial charge in [-0.05, 0) is 30.8 Å². The topological polar surface area (TPSA) is 29.9 Å². The number of aromatic nitrogens is 2. The van der Waals surface area contributed by atoms with Crippen molar-refractivity contribution in [2.75, 3.05) is 13.1 Å². The van der Waals surface area contributed by atoms with E-state index in [1.165, 1.54) is 17.0 Å². The van der Waals surface area contributed by atoms with Crippen molar-refractivity contribution >= 4 is 11.3 Å². The number of nitrogens with one attached hydrogen (secondary N) is 1. The molecule has 0 bridgehead atoms. The lowest BCUT2D eigenvalue weighted by Crippen LogP contribution is -2.17. The van der Waals surface area contributed by atoms with E-state index in [1.54, 1.807) is 0 Å². The minimum atomic E-state index is 1.02. The van der Waals surface area contributed by atoms with Gasteiger partial charge in [0.2, 0.25) is 0 Å². The highest BCUT2D eigenvalue weighted by molar-refractivity contribution is 7.09. The van der Waals surface area contributed by atoms with Crippen molar-refractivity contribution in [3.63, 3.8) is 0 Å². The van der Waals surface area contributed by atoms with E-state index in [0.29, 0.717) is 0 Å². The quantitative estimate of drug-likeness (QED) is 0.742. The minimum absolute atomic E-state index is 1.02. The largest absolute Gasteiger partial charge is 0.337 e. The van der Waals surface area contributed by atoms with Crippen LogP contribution in [-0.2, 0) is 19.4 Å². The normalized spacial score (nSPS) is 10.9. The van der Waals surface area contributed by atoms with Crippen molar-refractivity contribution in [2.24, 2.45) is 0 Å². The Morgan fingerprint density at radius 3 is 3.06 bits per heavy atom. The van der Waals surface area contributed by atoms with Crippen molar-refractivity contribution in [3.8, 4) is 0 Å². The van der Waals surface area contributed by atoms with E-state index in [9.17, 15) is 0 Å². The Morgan fingerprint density at radius 2 is 2.28 bits per heavy atom. The van der Waals surface area contributed by atoms with E-state index in [4.69, 9.17) is 0 Å². The second-order valence-electron chi connectivity index (χ2n) is 4.43. The molecule has 0 aromatic carbocycles. The van der Waals surface area contributed by atoms with Crippen LogP contribution in [0.3, 0.4) is 0 Å². The maximum Gasteiger partial charge on any atom is 0.0949 e. The van der Waals surface area contributed by atoms with Gasteiger partial charge in [0, 0.05) is 30.6 Å². The molecule has 0 unspecified atom stereocenters. The second kappa shape index (κ2) is 7.34. The van der Waals surface area contributed by atoms with Gasteiger partial charge in [0.1, 0.15) is 0 Å². The van der Waals surface area contributed by atoms with Gasteiger partial charge in [0.15, 0.2) is 0 Å². The summed E-state index contributed by atoms with van der Waals surface area (Å²) in [7, 11) is 0. The van der Waals surface area contributed by atoms with Gasteiger partial charge in [0.25, 0.3) is 0 Å². The zero-order valence-electron chi connectivity index (χ0n) is 10.9. The number of aryl methyl sites for hydroxylation is 2. The summed E-state index contributed by atoms with van der Waals surface area (Å²) in [5.41, 5.74) is 1.18. The number of thiophene rings is 1. The first-order valence-corrected chi connectivity index (χ1v) is 7.50. The Bertz CT molecular complexity index is 434. The van der Waals surface area contributed by atoms with E-state index in [2.05, 4.69) is 45.5 Å². The van der Waals surface area contributed by atoms with Gasteiger partial charge in [-0.1, -0.05) is 13.0 Å².